The molecule has 0 aliphatic heterocycles. The third-order valence-corrected chi connectivity index (χ3v) is 3.63. The molecule has 0 bridgehead atoms. The molecule has 1 N–H and O–H groups in total. The van der Waals surface area contributed by atoms with E-state index in [0.29, 0.717) is 5.56 Å². The van der Waals surface area contributed by atoms with Gasteiger partial charge in [0.15, 0.2) is 0 Å². The minimum absolute atomic E-state index is 0.0652. The maximum Gasteiger partial charge on any atom is 0.303 e. The topological polar surface area (TPSA) is 46.5 Å². The Bertz CT molecular complexity index is 472. The van der Waals surface area contributed by atoms with Gasteiger partial charge in [0.05, 0.1) is 13.5 Å². The van der Waals surface area contributed by atoms with Gasteiger partial charge < -0.3 is 9.84 Å². The highest BCUT2D eigenvalue weighted by molar-refractivity contribution is 6.32. The molecule has 3 nitrogen and oxygen atoms in total. The maximum atomic E-state index is 14.1. The third-order valence-electron chi connectivity index (χ3n) is 3.28. The number of methoxy groups -OCH3 is 1. The van der Waals surface area contributed by atoms with Crippen LogP contribution in [0.2, 0.25) is 5.02 Å². The Labute approximate surface area is 110 Å². The van der Waals surface area contributed by atoms with E-state index in [9.17, 15) is 9.18 Å². The summed E-state index contributed by atoms with van der Waals surface area (Å²) < 4.78 is 19.1. The van der Waals surface area contributed by atoms with Gasteiger partial charge in [-0.15, -0.1) is 0 Å². The predicted molar refractivity (Wildman–Crippen MR) is 65.7 cm³/mol. The summed E-state index contributed by atoms with van der Waals surface area (Å²) in [6.07, 6.45) is 1.83. The van der Waals surface area contributed by atoms with E-state index in [1.807, 2.05) is 0 Å². The summed E-state index contributed by atoms with van der Waals surface area (Å²) in [7, 11) is 1.41. The quantitative estimate of drug-likeness (QED) is 0.893. The first-order chi connectivity index (χ1) is 8.54. The summed E-state index contributed by atoms with van der Waals surface area (Å²) in [4.78, 5) is 10.9. The number of carboxylic acids is 1. The summed E-state index contributed by atoms with van der Waals surface area (Å²) in [6.45, 7) is 0. The molecule has 1 saturated carbocycles. The average Bonchev–Trinajstić information content (AvgIpc) is 3.14. The van der Waals surface area contributed by atoms with Crippen LogP contribution >= 0.6 is 11.6 Å². The van der Waals surface area contributed by atoms with Gasteiger partial charge in [0, 0.05) is 5.92 Å². The van der Waals surface area contributed by atoms with E-state index < -0.39 is 11.8 Å². The number of rotatable bonds is 5. The highest BCUT2D eigenvalue weighted by Gasteiger charge is 2.35. The van der Waals surface area contributed by atoms with E-state index in [1.165, 1.54) is 7.11 Å². The molecule has 0 aromatic heterocycles. The first-order valence-electron chi connectivity index (χ1n) is 5.78. The van der Waals surface area contributed by atoms with Crippen LogP contribution in [0.25, 0.3) is 0 Å². The second-order valence-electron chi connectivity index (χ2n) is 4.53. The molecule has 1 aliphatic carbocycles. The Morgan fingerprint density at radius 2 is 2.28 bits per heavy atom. The standard InChI is InChI=1S/C13H14ClFO3/c1-18-10-5-4-8(13(15)12(10)14)9(6-11(16)17)7-2-3-7/h4-5,7,9H,2-3,6H2,1H3,(H,16,17). The van der Waals surface area contributed by atoms with Crippen LogP contribution < -0.4 is 4.74 Å². The summed E-state index contributed by atoms with van der Waals surface area (Å²) in [5, 5.41) is 8.82. The van der Waals surface area contributed by atoms with Crippen molar-refractivity contribution in [2.45, 2.75) is 25.2 Å². The van der Waals surface area contributed by atoms with E-state index in [4.69, 9.17) is 21.4 Å². The lowest BCUT2D eigenvalue weighted by Gasteiger charge is -2.17. The van der Waals surface area contributed by atoms with Crippen LogP contribution in [0, 0.1) is 11.7 Å². The smallest absolute Gasteiger partial charge is 0.303 e. The first kappa shape index (κ1) is 13.1. The second-order valence-corrected chi connectivity index (χ2v) is 4.90. The van der Waals surface area contributed by atoms with Gasteiger partial charge in [0.1, 0.15) is 16.6 Å². The van der Waals surface area contributed by atoms with Crippen LogP contribution in [0.15, 0.2) is 12.1 Å². The number of carboxylic acid groups (broad SMARTS) is 1. The number of carbonyl (C=O) groups is 1. The monoisotopic (exact) mass is 272 g/mol. The Morgan fingerprint density at radius 3 is 2.78 bits per heavy atom. The number of benzene rings is 1. The first-order valence-corrected chi connectivity index (χ1v) is 6.16. The molecule has 0 radical (unpaired) electrons. The van der Waals surface area contributed by atoms with Crippen LogP contribution in [-0.4, -0.2) is 18.2 Å². The lowest BCUT2D eigenvalue weighted by molar-refractivity contribution is -0.137. The van der Waals surface area contributed by atoms with Crippen molar-refractivity contribution < 1.29 is 19.0 Å². The van der Waals surface area contributed by atoms with Gasteiger partial charge in [-0.05, 0) is 30.4 Å². The maximum absolute atomic E-state index is 14.1. The molecule has 18 heavy (non-hydrogen) atoms. The van der Waals surface area contributed by atoms with Gasteiger partial charge in [-0.3, -0.25) is 4.79 Å². The van der Waals surface area contributed by atoms with Crippen molar-refractivity contribution in [1.82, 2.24) is 0 Å². The fraction of sp³-hybridized carbons (Fsp3) is 0.462. The molecule has 2 rings (SSSR count). The largest absolute Gasteiger partial charge is 0.495 e. The van der Waals surface area contributed by atoms with E-state index in [0.717, 1.165) is 12.8 Å². The third kappa shape index (κ3) is 2.58. The minimum atomic E-state index is -0.918. The van der Waals surface area contributed by atoms with Gasteiger partial charge in [0.25, 0.3) is 0 Å². The van der Waals surface area contributed by atoms with E-state index in [1.54, 1.807) is 12.1 Å². The number of halogens is 2. The highest BCUT2D eigenvalue weighted by Crippen LogP contribution is 2.46. The summed E-state index contributed by atoms with van der Waals surface area (Å²) in [5.41, 5.74) is 0.380. The second kappa shape index (κ2) is 5.14. The van der Waals surface area contributed by atoms with E-state index >= 15 is 0 Å². The molecule has 0 amide bonds. The van der Waals surface area contributed by atoms with Crippen LogP contribution in [0.4, 0.5) is 4.39 Å². The van der Waals surface area contributed by atoms with Crippen molar-refractivity contribution in [3.05, 3.63) is 28.5 Å². The fourth-order valence-corrected chi connectivity index (χ4v) is 2.46. The van der Waals surface area contributed by atoms with Crippen molar-refractivity contribution in [3.63, 3.8) is 0 Å². The zero-order valence-electron chi connectivity index (χ0n) is 9.95. The lowest BCUT2D eigenvalue weighted by Crippen LogP contribution is -2.10. The van der Waals surface area contributed by atoms with E-state index in [2.05, 4.69) is 0 Å². The van der Waals surface area contributed by atoms with Crippen LogP contribution in [-0.2, 0) is 4.79 Å². The Hall–Kier alpha value is -1.29. The van der Waals surface area contributed by atoms with Crippen molar-refractivity contribution in [2.75, 3.05) is 7.11 Å². The Balaban J connectivity index is 2.35. The zero-order chi connectivity index (χ0) is 13.3. The number of aliphatic carboxylic acids is 1. The van der Waals surface area contributed by atoms with Gasteiger partial charge in [0.2, 0.25) is 0 Å². The molecule has 98 valence electrons. The average molecular weight is 273 g/mol. The van der Waals surface area contributed by atoms with Gasteiger partial charge >= 0.3 is 5.97 Å². The van der Waals surface area contributed by atoms with Crippen molar-refractivity contribution in [1.29, 1.82) is 0 Å². The molecule has 1 unspecified atom stereocenters. The van der Waals surface area contributed by atoms with Crippen LogP contribution in [0.5, 0.6) is 5.75 Å². The predicted octanol–water partition coefficient (Wildman–Crippen LogP) is 3.46. The van der Waals surface area contributed by atoms with Crippen molar-refractivity contribution in [2.24, 2.45) is 5.92 Å². The molecule has 0 spiro atoms. The molecule has 1 aliphatic rings. The molecule has 1 fully saturated rings. The fourth-order valence-electron chi connectivity index (χ4n) is 2.21. The lowest BCUT2D eigenvalue weighted by atomic mass is 9.90. The zero-order valence-corrected chi connectivity index (χ0v) is 10.7. The number of ether oxygens (including phenoxy) is 1. The summed E-state index contributed by atoms with van der Waals surface area (Å²) in [6, 6.07) is 3.16. The number of hydrogen-bond acceptors (Lipinski definition) is 2. The van der Waals surface area contributed by atoms with Crippen molar-refractivity contribution >= 4 is 17.6 Å². The van der Waals surface area contributed by atoms with Crippen LogP contribution in [0.3, 0.4) is 0 Å². The molecule has 0 heterocycles. The van der Waals surface area contributed by atoms with Gasteiger partial charge in [-0.25, -0.2) is 4.39 Å². The molecule has 1 aromatic carbocycles. The highest BCUT2D eigenvalue weighted by atomic mass is 35.5. The normalized spacial score (nSPS) is 16.4. The van der Waals surface area contributed by atoms with Crippen LogP contribution in [0.1, 0.15) is 30.7 Å². The van der Waals surface area contributed by atoms with E-state index in [-0.39, 0.29) is 29.0 Å². The Morgan fingerprint density at radius 1 is 1.61 bits per heavy atom. The number of hydrogen-bond donors (Lipinski definition) is 1. The molecular weight excluding hydrogens is 259 g/mol. The molecular formula is C13H14ClFO3. The summed E-state index contributed by atoms with van der Waals surface area (Å²) in [5.74, 6) is -1.26. The van der Waals surface area contributed by atoms with Gasteiger partial charge in [-0.1, -0.05) is 17.7 Å². The minimum Gasteiger partial charge on any atom is -0.495 e. The van der Waals surface area contributed by atoms with Crippen molar-refractivity contribution in [3.8, 4) is 5.75 Å². The SMILES string of the molecule is COc1ccc(C(CC(=O)O)C2CC2)c(F)c1Cl. The molecule has 0 saturated heterocycles. The van der Waals surface area contributed by atoms with Gasteiger partial charge in [-0.2, -0.15) is 0 Å². The molecule has 1 atom stereocenters. The summed E-state index contributed by atoms with van der Waals surface area (Å²) >= 11 is 5.86. The molecule has 1 aromatic rings. The molecule has 5 heteroatoms. The Kier molecular flexibility index (Phi) is 3.76.